The van der Waals surface area contributed by atoms with Gasteiger partial charge in [-0.3, -0.25) is 4.79 Å². The van der Waals surface area contributed by atoms with Crippen molar-refractivity contribution in [3.63, 3.8) is 0 Å². The topological polar surface area (TPSA) is 71.6 Å². The Morgan fingerprint density at radius 3 is 3.00 bits per heavy atom. The Morgan fingerprint density at radius 1 is 1.69 bits per heavy atom. The number of nitrogens with zero attached hydrogens (tertiary/aromatic N) is 4. The highest BCUT2D eigenvalue weighted by molar-refractivity contribution is 5.73. The van der Waals surface area contributed by atoms with Crippen molar-refractivity contribution in [2.75, 3.05) is 0 Å². The number of carbonyl (C=O) groups excluding carboxylic acids is 1. The van der Waals surface area contributed by atoms with Gasteiger partial charge in [-0.1, -0.05) is 18.6 Å². The van der Waals surface area contributed by atoms with Gasteiger partial charge in [-0.15, -0.1) is 5.10 Å². The summed E-state index contributed by atoms with van der Waals surface area (Å²) >= 11 is 0. The molecule has 0 saturated carbocycles. The first kappa shape index (κ1) is 9.39. The van der Waals surface area contributed by atoms with E-state index in [-0.39, 0.29) is 6.54 Å². The molecule has 0 aliphatic carbocycles. The van der Waals surface area contributed by atoms with Gasteiger partial charge in [0.25, 0.3) is 0 Å². The van der Waals surface area contributed by atoms with Gasteiger partial charge in [-0.2, -0.15) is 5.26 Å². The molecule has 0 N–H and O–H groups in total. The average molecular weight is 178 g/mol. The summed E-state index contributed by atoms with van der Waals surface area (Å²) in [6, 6.07) is 1.96. The number of nitriles is 1. The van der Waals surface area contributed by atoms with Crippen molar-refractivity contribution in [2.45, 2.75) is 26.3 Å². The fraction of sp³-hybridized carbons (Fsp3) is 0.500. The fourth-order valence-electron chi connectivity index (χ4n) is 1.13. The molecule has 5 nitrogen and oxygen atoms in total. The van der Waals surface area contributed by atoms with E-state index in [1.165, 1.54) is 4.68 Å². The molecule has 0 atom stereocenters. The van der Waals surface area contributed by atoms with Crippen molar-refractivity contribution in [2.24, 2.45) is 0 Å². The number of carbonyl (C=O) groups is 1. The molecule has 0 amide bonds. The van der Waals surface area contributed by atoms with E-state index in [4.69, 9.17) is 5.26 Å². The van der Waals surface area contributed by atoms with Crippen molar-refractivity contribution in [3.05, 3.63) is 11.4 Å². The van der Waals surface area contributed by atoms with Gasteiger partial charge >= 0.3 is 0 Å². The fourth-order valence-corrected chi connectivity index (χ4v) is 1.13. The van der Waals surface area contributed by atoms with Gasteiger partial charge in [0.15, 0.2) is 6.29 Å². The Morgan fingerprint density at radius 2 is 2.46 bits per heavy atom. The number of aldehydes is 1. The molecule has 68 valence electrons. The highest BCUT2D eigenvalue weighted by atomic mass is 16.1. The van der Waals surface area contributed by atoms with Gasteiger partial charge in [0, 0.05) is 0 Å². The summed E-state index contributed by atoms with van der Waals surface area (Å²) in [5, 5.41) is 15.8. The first-order chi connectivity index (χ1) is 6.33. The van der Waals surface area contributed by atoms with E-state index in [1.807, 2.05) is 13.0 Å². The van der Waals surface area contributed by atoms with Crippen LogP contribution in [-0.2, 0) is 13.0 Å². The van der Waals surface area contributed by atoms with Gasteiger partial charge < -0.3 is 0 Å². The maximum absolute atomic E-state index is 10.5. The second-order valence-corrected chi connectivity index (χ2v) is 2.60. The predicted molar refractivity (Wildman–Crippen MR) is 45.0 cm³/mol. The van der Waals surface area contributed by atoms with E-state index in [2.05, 4.69) is 10.3 Å². The third-order valence-electron chi connectivity index (χ3n) is 1.69. The molecule has 1 aromatic rings. The summed E-state index contributed by atoms with van der Waals surface area (Å²) in [4.78, 5) is 10.5. The van der Waals surface area contributed by atoms with E-state index in [1.54, 1.807) is 0 Å². The number of hydrogen-bond acceptors (Lipinski definition) is 4. The summed E-state index contributed by atoms with van der Waals surface area (Å²) < 4.78 is 1.47. The highest BCUT2D eigenvalue weighted by Crippen LogP contribution is 2.05. The van der Waals surface area contributed by atoms with Crippen LogP contribution >= 0.6 is 0 Å². The molecule has 1 heterocycles. The number of aromatic nitrogens is 3. The SMILES string of the molecule is CCCc1c(C=O)nnn1CC#N. The molecule has 1 aromatic heterocycles. The van der Waals surface area contributed by atoms with Gasteiger partial charge in [0.05, 0.1) is 11.8 Å². The summed E-state index contributed by atoms with van der Waals surface area (Å²) in [6.07, 6.45) is 2.30. The van der Waals surface area contributed by atoms with Gasteiger partial charge in [-0.05, 0) is 6.42 Å². The Bertz CT molecular complexity index is 336. The number of rotatable bonds is 4. The molecule has 0 bridgehead atoms. The molecule has 0 aliphatic heterocycles. The Labute approximate surface area is 76.0 Å². The minimum absolute atomic E-state index is 0.149. The molecule has 0 aliphatic rings. The minimum Gasteiger partial charge on any atom is -0.296 e. The zero-order chi connectivity index (χ0) is 9.68. The lowest BCUT2D eigenvalue weighted by Crippen LogP contribution is -2.04. The van der Waals surface area contributed by atoms with Crippen molar-refractivity contribution >= 4 is 6.29 Å². The molecule has 5 heteroatoms. The van der Waals surface area contributed by atoms with Gasteiger partial charge in [0.2, 0.25) is 0 Å². The lowest BCUT2D eigenvalue weighted by atomic mass is 10.2. The van der Waals surface area contributed by atoms with Crippen LogP contribution in [0.15, 0.2) is 0 Å². The maximum Gasteiger partial charge on any atom is 0.172 e. The summed E-state index contributed by atoms with van der Waals surface area (Å²) in [7, 11) is 0. The molecule has 0 fully saturated rings. The van der Waals surface area contributed by atoms with E-state index in [0.717, 1.165) is 18.5 Å². The standard InChI is InChI=1S/C8H10N4O/c1-2-3-8-7(6-13)10-11-12(8)5-4-9/h6H,2-3,5H2,1H3. The van der Waals surface area contributed by atoms with Crippen LogP contribution in [0.3, 0.4) is 0 Å². The lowest BCUT2D eigenvalue weighted by molar-refractivity contribution is 0.111. The third kappa shape index (κ3) is 1.90. The third-order valence-corrected chi connectivity index (χ3v) is 1.69. The Balaban J connectivity index is 2.99. The molecule has 0 unspecified atom stereocenters. The molecule has 1 rings (SSSR count). The van der Waals surface area contributed by atoms with Crippen molar-refractivity contribution in [1.29, 1.82) is 5.26 Å². The quantitative estimate of drug-likeness (QED) is 0.632. The van der Waals surface area contributed by atoms with Crippen LogP contribution in [0, 0.1) is 11.3 Å². The minimum atomic E-state index is 0.149. The predicted octanol–water partition coefficient (Wildman–Crippen LogP) is 0.567. The highest BCUT2D eigenvalue weighted by Gasteiger charge is 2.10. The van der Waals surface area contributed by atoms with E-state index in [0.29, 0.717) is 12.0 Å². The van der Waals surface area contributed by atoms with Crippen LogP contribution in [0.2, 0.25) is 0 Å². The maximum atomic E-state index is 10.5. The molecule has 0 saturated heterocycles. The van der Waals surface area contributed by atoms with Crippen molar-refractivity contribution in [1.82, 2.24) is 15.0 Å². The molecule has 13 heavy (non-hydrogen) atoms. The zero-order valence-corrected chi connectivity index (χ0v) is 7.40. The summed E-state index contributed by atoms with van der Waals surface area (Å²) in [6.45, 7) is 2.15. The molecular weight excluding hydrogens is 168 g/mol. The van der Waals surface area contributed by atoms with E-state index < -0.39 is 0 Å². The van der Waals surface area contributed by atoms with Crippen molar-refractivity contribution in [3.8, 4) is 6.07 Å². The normalized spacial score (nSPS) is 9.54. The monoisotopic (exact) mass is 178 g/mol. The molecular formula is C8H10N4O. The van der Waals surface area contributed by atoms with E-state index in [9.17, 15) is 4.79 Å². The van der Waals surface area contributed by atoms with Crippen LogP contribution in [0.1, 0.15) is 29.5 Å². The van der Waals surface area contributed by atoms with Crippen LogP contribution in [0.4, 0.5) is 0 Å². The molecule has 0 aromatic carbocycles. The Hall–Kier alpha value is -1.70. The second-order valence-electron chi connectivity index (χ2n) is 2.60. The largest absolute Gasteiger partial charge is 0.296 e. The van der Waals surface area contributed by atoms with Crippen LogP contribution in [0.5, 0.6) is 0 Å². The van der Waals surface area contributed by atoms with Gasteiger partial charge in [0.1, 0.15) is 12.2 Å². The van der Waals surface area contributed by atoms with Crippen molar-refractivity contribution < 1.29 is 4.79 Å². The smallest absolute Gasteiger partial charge is 0.172 e. The summed E-state index contributed by atoms with van der Waals surface area (Å²) in [5.41, 5.74) is 1.09. The Kier molecular flexibility index (Phi) is 3.15. The molecule has 0 spiro atoms. The second kappa shape index (κ2) is 4.36. The van der Waals surface area contributed by atoms with Crippen LogP contribution in [-0.4, -0.2) is 21.3 Å². The first-order valence-corrected chi connectivity index (χ1v) is 4.08. The zero-order valence-electron chi connectivity index (χ0n) is 7.40. The van der Waals surface area contributed by atoms with Gasteiger partial charge in [-0.25, -0.2) is 4.68 Å². The first-order valence-electron chi connectivity index (χ1n) is 4.08. The summed E-state index contributed by atoms with van der Waals surface area (Å²) in [5.74, 6) is 0. The van der Waals surface area contributed by atoms with Crippen LogP contribution in [0.25, 0.3) is 0 Å². The van der Waals surface area contributed by atoms with Crippen LogP contribution < -0.4 is 0 Å². The molecule has 0 radical (unpaired) electrons. The van der Waals surface area contributed by atoms with E-state index >= 15 is 0 Å². The number of hydrogen-bond donors (Lipinski definition) is 0. The average Bonchev–Trinajstić information content (AvgIpc) is 2.50. The lowest BCUT2D eigenvalue weighted by Gasteiger charge is -1.99.